The first kappa shape index (κ1) is 20.7. The topological polar surface area (TPSA) is 69.0 Å². The van der Waals surface area contributed by atoms with E-state index in [-0.39, 0.29) is 17.1 Å². The van der Waals surface area contributed by atoms with Crippen molar-refractivity contribution in [1.82, 2.24) is 9.78 Å². The zero-order valence-corrected chi connectivity index (χ0v) is 17.3. The summed E-state index contributed by atoms with van der Waals surface area (Å²) in [5.41, 5.74) is 3.62. The number of aromatic nitrogens is 2. The van der Waals surface area contributed by atoms with Crippen molar-refractivity contribution in [3.63, 3.8) is 0 Å². The summed E-state index contributed by atoms with van der Waals surface area (Å²) in [5.74, 6) is -0.433. The van der Waals surface area contributed by atoms with Crippen molar-refractivity contribution in [2.45, 2.75) is 12.3 Å². The molecule has 5 nitrogen and oxygen atoms in total. The lowest BCUT2D eigenvalue weighted by atomic mass is 9.96. The summed E-state index contributed by atoms with van der Waals surface area (Å²) >= 11 is 0. The van der Waals surface area contributed by atoms with Crippen LogP contribution in [0.3, 0.4) is 0 Å². The van der Waals surface area contributed by atoms with Crippen LogP contribution in [0.4, 0.5) is 4.39 Å². The Morgan fingerprint density at radius 3 is 2.10 bits per heavy atom. The van der Waals surface area contributed by atoms with Gasteiger partial charge in [0.05, 0.1) is 24.1 Å². The van der Waals surface area contributed by atoms with Gasteiger partial charge in [0.25, 0.3) is 5.56 Å². The summed E-state index contributed by atoms with van der Waals surface area (Å²) in [6.45, 7) is 0.309. The van der Waals surface area contributed by atoms with Gasteiger partial charge in [-0.3, -0.25) is 4.79 Å². The summed E-state index contributed by atoms with van der Waals surface area (Å²) in [6.07, 6.45) is 1.62. The Balaban J connectivity index is 1.83. The number of rotatable bonds is 6. The minimum atomic E-state index is -2.52. The van der Waals surface area contributed by atoms with E-state index in [4.69, 9.17) is 0 Å². The van der Waals surface area contributed by atoms with Gasteiger partial charge in [-0.25, -0.2) is 17.5 Å². The van der Waals surface area contributed by atoms with E-state index in [9.17, 15) is 17.6 Å². The molecule has 0 saturated carbocycles. The second-order valence-electron chi connectivity index (χ2n) is 7.08. The van der Waals surface area contributed by atoms with E-state index in [1.165, 1.54) is 16.8 Å². The van der Waals surface area contributed by atoms with Crippen molar-refractivity contribution in [2.24, 2.45) is 0 Å². The maximum Gasteiger partial charge on any atom is 0.275 e. The average Bonchev–Trinajstić information content (AvgIpc) is 2.77. The molecular weight excluding hydrogens is 415 g/mol. The van der Waals surface area contributed by atoms with Crippen LogP contribution in [0.15, 0.2) is 89.9 Å². The number of thiol groups is 1. The molecule has 31 heavy (non-hydrogen) atoms. The van der Waals surface area contributed by atoms with Crippen molar-refractivity contribution in [1.29, 1.82) is 0 Å². The van der Waals surface area contributed by atoms with Crippen LogP contribution in [0.5, 0.6) is 0 Å². The third kappa shape index (κ3) is 4.78. The first-order valence-electron chi connectivity index (χ1n) is 9.62. The second kappa shape index (κ2) is 9.06. The Morgan fingerprint density at radius 1 is 0.806 bits per heavy atom. The second-order valence-corrected chi connectivity index (χ2v) is 8.06. The largest absolute Gasteiger partial charge is 0.275 e. The molecule has 0 spiro atoms. The van der Waals surface area contributed by atoms with Gasteiger partial charge in [-0.2, -0.15) is 5.10 Å². The zero-order chi connectivity index (χ0) is 21.8. The Kier molecular flexibility index (Phi) is 6.04. The smallest absolute Gasteiger partial charge is 0.267 e. The van der Waals surface area contributed by atoms with Crippen molar-refractivity contribution in [3.8, 4) is 22.3 Å². The summed E-state index contributed by atoms with van der Waals surface area (Å²) in [4.78, 5) is 13.4. The van der Waals surface area contributed by atoms with E-state index in [1.54, 1.807) is 42.6 Å². The molecule has 0 radical (unpaired) electrons. The fourth-order valence-electron chi connectivity index (χ4n) is 3.41. The molecule has 0 saturated heterocycles. The quantitative estimate of drug-likeness (QED) is 0.468. The highest BCUT2D eigenvalue weighted by molar-refractivity contribution is 7.71. The first-order chi connectivity index (χ1) is 15.0. The maximum atomic E-state index is 13.5. The van der Waals surface area contributed by atoms with E-state index < -0.39 is 10.7 Å². The number of benzene rings is 3. The molecule has 156 valence electrons. The van der Waals surface area contributed by atoms with E-state index >= 15 is 0 Å². The van der Waals surface area contributed by atoms with E-state index in [2.05, 4.69) is 5.10 Å². The Morgan fingerprint density at radius 2 is 1.45 bits per heavy atom. The predicted octanol–water partition coefficient (Wildman–Crippen LogP) is 3.88. The molecule has 0 N–H and O–H groups in total. The Hall–Kier alpha value is -3.58. The van der Waals surface area contributed by atoms with Crippen LogP contribution in [0.1, 0.15) is 11.1 Å². The van der Waals surface area contributed by atoms with Gasteiger partial charge >= 0.3 is 0 Å². The van der Waals surface area contributed by atoms with Crippen LogP contribution in [0.25, 0.3) is 22.3 Å². The van der Waals surface area contributed by atoms with Crippen LogP contribution in [-0.2, 0) is 23.0 Å². The normalized spacial score (nSPS) is 11.0. The lowest BCUT2D eigenvalue weighted by Crippen LogP contribution is -2.25. The average molecular weight is 434 g/mol. The molecule has 1 heterocycles. The number of halogens is 1. The van der Waals surface area contributed by atoms with E-state index in [1.807, 2.05) is 30.3 Å². The van der Waals surface area contributed by atoms with E-state index in [0.29, 0.717) is 28.8 Å². The van der Waals surface area contributed by atoms with Crippen molar-refractivity contribution < 1.29 is 12.8 Å². The molecule has 0 aliphatic carbocycles. The molecule has 0 bridgehead atoms. The van der Waals surface area contributed by atoms with Crippen LogP contribution in [0, 0.1) is 5.82 Å². The van der Waals surface area contributed by atoms with Gasteiger partial charge < -0.3 is 0 Å². The number of hydrogen-bond acceptors (Lipinski definition) is 4. The standard InChI is InChI=1S/C24H19FN2O3S/c25-21-12-10-20(11-13-21)23-22(19-8-6-18(7-9-19)16-31(29)30)14-26-27(24(23)28)15-17-4-2-1-3-5-17/h1-14,31H,15-16H2. The summed E-state index contributed by atoms with van der Waals surface area (Å²) in [6, 6.07) is 22.2. The molecule has 0 unspecified atom stereocenters. The lowest BCUT2D eigenvalue weighted by Gasteiger charge is -2.13. The van der Waals surface area contributed by atoms with Gasteiger partial charge in [-0.1, -0.05) is 66.7 Å². The highest BCUT2D eigenvalue weighted by atomic mass is 32.2. The van der Waals surface area contributed by atoms with E-state index in [0.717, 1.165) is 11.1 Å². The van der Waals surface area contributed by atoms with Gasteiger partial charge in [0, 0.05) is 5.56 Å². The predicted molar refractivity (Wildman–Crippen MR) is 119 cm³/mol. The highest BCUT2D eigenvalue weighted by Crippen LogP contribution is 2.29. The molecule has 4 rings (SSSR count). The lowest BCUT2D eigenvalue weighted by molar-refractivity contribution is 0.614. The van der Waals surface area contributed by atoms with Gasteiger partial charge in [-0.15, -0.1) is 0 Å². The SMILES string of the molecule is O=c1c(-c2ccc(F)cc2)c(-c2ccc(C[SH](=O)=O)cc2)cnn1Cc1ccccc1. The van der Waals surface area contributed by atoms with Gasteiger partial charge in [0.15, 0.2) is 0 Å². The minimum absolute atomic E-state index is 0.0443. The monoisotopic (exact) mass is 434 g/mol. The Labute approximate surface area is 180 Å². The van der Waals surface area contributed by atoms with Gasteiger partial charge in [-0.05, 0) is 34.4 Å². The number of hydrogen-bond donors (Lipinski definition) is 1. The first-order valence-corrected chi connectivity index (χ1v) is 11.0. The molecule has 0 aliphatic heterocycles. The highest BCUT2D eigenvalue weighted by Gasteiger charge is 2.16. The summed E-state index contributed by atoms with van der Waals surface area (Å²) in [5, 5.41) is 4.36. The fraction of sp³-hybridized carbons (Fsp3) is 0.0833. The van der Waals surface area contributed by atoms with Gasteiger partial charge in [0.2, 0.25) is 0 Å². The van der Waals surface area contributed by atoms with Crippen LogP contribution in [-0.4, -0.2) is 18.2 Å². The molecule has 0 fully saturated rings. The molecule has 0 amide bonds. The van der Waals surface area contributed by atoms with Crippen LogP contribution < -0.4 is 5.56 Å². The zero-order valence-electron chi connectivity index (χ0n) is 16.4. The fourth-order valence-corrected chi connectivity index (χ4v) is 3.92. The van der Waals surface area contributed by atoms with Gasteiger partial charge in [0.1, 0.15) is 16.5 Å². The van der Waals surface area contributed by atoms with Crippen LogP contribution in [0.2, 0.25) is 0 Å². The van der Waals surface area contributed by atoms with Crippen molar-refractivity contribution in [2.75, 3.05) is 0 Å². The molecule has 7 heteroatoms. The minimum Gasteiger partial charge on any atom is -0.267 e. The summed E-state index contributed by atoms with van der Waals surface area (Å²) < 4.78 is 36.8. The third-order valence-electron chi connectivity index (χ3n) is 4.93. The van der Waals surface area contributed by atoms with Crippen molar-refractivity contribution in [3.05, 3.63) is 112 Å². The summed E-state index contributed by atoms with van der Waals surface area (Å²) in [7, 11) is -2.52. The van der Waals surface area contributed by atoms with Crippen molar-refractivity contribution >= 4 is 10.7 Å². The van der Waals surface area contributed by atoms with Crippen LogP contribution >= 0.6 is 0 Å². The molecule has 0 aliphatic rings. The molecule has 3 aromatic carbocycles. The molecule has 4 aromatic rings. The molecule has 1 aromatic heterocycles. The number of nitrogens with zero attached hydrogens (tertiary/aromatic N) is 2. The maximum absolute atomic E-state index is 13.5. The Bertz CT molecular complexity index is 1320. The third-order valence-corrected chi connectivity index (χ3v) is 5.55. The molecular formula is C24H19FN2O3S. The molecule has 0 atom stereocenters.